The van der Waals surface area contributed by atoms with Crippen LogP contribution in [0.1, 0.15) is 22.5 Å². The predicted octanol–water partition coefficient (Wildman–Crippen LogP) is 3.11. The van der Waals surface area contributed by atoms with E-state index >= 15 is 0 Å². The van der Waals surface area contributed by atoms with Crippen LogP contribution in [0.15, 0.2) is 42.6 Å². The third-order valence-corrected chi connectivity index (χ3v) is 4.69. The molecule has 0 saturated carbocycles. The number of H-pyrrole nitrogens is 1. The minimum Gasteiger partial charge on any atom is -0.355 e. The summed E-state index contributed by atoms with van der Waals surface area (Å²) >= 11 is 0. The van der Waals surface area contributed by atoms with E-state index in [4.69, 9.17) is 0 Å². The zero-order chi connectivity index (χ0) is 18.1. The molecular weight excluding hydrogens is 331 g/mol. The fourth-order valence-electron chi connectivity index (χ4n) is 3.32. The number of rotatable bonds is 3. The number of aromatic amines is 1. The smallest absolute Gasteiger partial charge is 0.253 e. The van der Waals surface area contributed by atoms with E-state index in [-0.39, 0.29) is 5.56 Å². The Balaban J connectivity index is 1.79. The van der Waals surface area contributed by atoms with Crippen molar-refractivity contribution in [2.75, 3.05) is 20.1 Å². The van der Waals surface area contributed by atoms with E-state index in [0.29, 0.717) is 5.56 Å². The van der Waals surface area contributed by atoms with Gasteiger partial charge in [0.2, 0.25) is 0 Å². The van der Waals surface area contributed by atoms with Crippen molar-refractivity contribution < 1.29 is 9.18 Å². The van der Waals surface area contributed by atoms with Crippen LogP contribution in [-0.4, -0.2) is 36.0 Å². The van der Waals surface area contributed by atoms with Crippen molar-refractivity contribution in [1.82, 2.24) is 20.6 Å². The van der Waals surface area contributed by atoms with E-state index in [1.54, 1.807) is 12.3 Å². The highest BCUT2D eigenvalue weighted by Gasteiger charge is 2.15. The lowest BCUT2D eigenvalue weighted by Crippen LogP contribution is -2.20. The van der Waals surface area contributed by atoms with Gasteiger partial charge in [0.1, 0.15) is 11.5 Å². The molecule has 2 aromatic heterocycles. The quantitative estimate of drug-likeness (QED) is 0.680. The minimum absolute atomic E-state index is 0.0381. The molecule has 3 aromatic rings. The molecule has 4 rings (SSSR count). The van der Waals surface area contributed by atoms with Crippen LogP contribution in [-0.2, 0) is 0 Å². The third-order valence-electron chi connectivity index (χ3n) is 4.69. The lowest BCUT2D eigenvalue weighted by atomic mass is 10.0. The molecule has 0 atom stereocenters. The zero-order valence-corrected chi connectivity index (χ0v) is 14.4. The van der Waals surface area contributed by atoms with Crippen molar-refractivity contribution >= 4 is 22.5 Å². The van der Waals surface area contributed by atoms with Gasteiger partial charge in [-0.3, -0.25) is 4.79 Å². The van der Waals surface area contributed by atoms with Crippen LogP contribution in [0.3, 0.4) is 0 Å². The first-order valence-electron chi connectivity index (χ1n) is 8.57. The number of carbonyl (C=O) groups excluding carboxylic acids is 1. The average Bonchev–Trinajstić information content (AvgIpc) is 3.12. The van der Waals surface area contributed by atoms with E-state index in [2.05, 4.69) is 32.7 Å². The van der Waals surface area contributed by atoms with Crippen molar-refractivity contribution in [2.24, 2.45) is 0 Å². The molecule has 26 heavy (non-hydrogen) atoms. The molecule has 6 heteroatoms. The van der Waals surface area contributed by atoms with Gasteiger partial charge in [0.25, 0.3) is 5.91 Å². The van der Waals surface area contributed by atoms with Crippen LogP contribution in [0.4, 0.5) is 4.39 Å². The average molecular weight is 350 g/mol. The molecule has 0 unspecified atom stereocenters. The maximum Gasteiger partial charge on any atom is 0.253 e. The van der Waals surface area contributed by atoms with E-state index in [0.717, 1.165) is 41.8 Å². The number of nitrogens with zero attached hydrogens (tertiary/aromatic N) is 1. The molecule has 0 saturated heterocycles. The van der Waals surface area contributed by atoms with E-state index in [1.807, 2.05) is 6.07 Å². The maximum atomic E-state index is 14.4. The largest absolute Gasteiger partial charge is 0.355 e. The molecular formula is C20H19FN4O. The van der Waals surface area contributed by atoms with Gasteiger partial charge in [-0.1, -0.05) is 12.1 Å². The second-order valence-corrected chi connectivity index (χ2v) is 6.26. The highest BCUT2D eigenvalue weighted by molar-refractivity contribution is 5.97. The molecule has 3 heterocycles. The third kappa shape index (κ3) is 2.88. The van der Waals surface area contributed by atoms with Gasteiger partial charge in [-0.2, -0.15) is 0 Å². The van der Waals surface area contributed by atoms with Crippen molar-refractivity contribution in [3.05, 3.63) is 59.7 Å². The van der Waals surface area contributed by atoms with Crippen molar-refractivity contribution in [1.29, 1.82) is 0 Å². The maximum absolute atomic E-state index is 14.4. The molecule has 0 bridgehead atoms. The summed E-state index contributed by atoms with van der Waals surface area (Å²) in [6, 6.07) is 8.61. The SMILES string of the molecule is CNC(=O)c1ccc(-c2ccnc3[nH]c(C4=CCNCC4)cc23)cc1F. The highest BCUT2D eigenvalue weighted by atomic mass is 19.1. The molecule has 132 valence electrons. The Morgan fingerprint density at radius 1 is 1.27 bits per heavy atom. The summed E-state index contributed by atoms with van der Waals surface area (Å²) in [5, 5.41) is 6.68. The Hall–Kier alpha value is -2.99. The summed E-state index contributed by atoms with van der Waals surface area (Å²) in [4.78, 5) is 19.5. The number of hydrogen-bond acceptors (Lipinski definition) is 3. The second kappa shape index (κ2) is 6.72. The topological polar surface area (TPSA) is 69.8 Å². The van der Waals surface area contributed by atoms with Crippen molar-refractivity contribution in [2.45, 2.75) is 6.42 Å². The summed E-state index contributed by atoms with van der Waals surface area (Å²) in [6.45, 7) is 1.81. The molecule has 1 aliphatic heterocycles. The normalized spacial score (nSPS) is 14.3. The Kier molecular flexibility index (Phi) is 4.26. The number of nitrogens with one attached hydrogen (secondary N) is 3. The van der Waals surface area contributed by atoms with Crippen LogP contribution < -0.4 is 10.6 Å². The van der Waals surface area contributed by atoms with Gasteiger partial charge in [0, 0.05) is 30.9 Å². The minimum atomic E-state index is -0.538. The fraction of sp³-hybridized carbons (Fsp3) is 0.200. The number of halogens is 1. The van der Waals surface area contributed by atoms with Crippen LogP contribution in [0.25, 0.3) is 27.7 Å². The Morgan fingerprint density at radius 3 is 2.88 bits per heavy atom. The van der Waals surface area contributed by atoms with Crippen molar-refractivity contribution in [3.8, 4) is 11.1 Å². The first-order valence-corrected chi connectivity index (χ1v) is 8.57. The van der Waals surface area contributed by atoms with Crippen molar-refractivity contribution in [3.63, 3.8) is 0 Å². The Morgan fingerprint density at radius 2 is 2.15 bits per heavy atom. The van der Waals surface area contributed by atoms with Crippen LogP contribution in [0.5, 0.6) is 0 Å². The lowest BCUT2D eigenvalue weighted by molar-refractivity contribution is 0.0959. The number of benzene rings is 1. The van der Waals surface area contributed by atoms with E-state index in [9.17, 15) is 9.18 Å². The molecule has 1 aliphatic rings. The standard InChI is InChI=1S/C20H19FN4O/c1-22-20(26)15-3-2-13(10-17(15)21)14-6-9-24-19-16(14)11-18(25-19)12-4-7-23-8-5-12/h2-4,6,9-11,23H,5,7-8H2,1H3,(H,22,26)(H,24,25). The number of aromatic nitrogens is 2. The summed E-state index contributed by atoms with van der Waals surface area (Å²) < 4.78 is 14.4. The Bertz CT molecular complexity index is 1020. The molecule has 3 N–H and O–H groups in total. The lowest BCUT2D eigenvalue weighted by Gasteiger charge is -2.12. The number of carbonyl (C=O) groups is 1. The van der Waals surface area contributed by atoms with E-state index < -0.39 is 11.7 Å². The zero-order valence-electron chi connectivity index (χ0n) is 14.4. The molecule has 0 spiro atoms. The van der Waals surface area contributed by atoms with Gasteiger partial charge in [-0.25, -0.2) is 9.37 Å². The number of hydrogen-bond donors (Lipinski definition) is 3. The summed E-state index contributed by atoms with van der Waals surface area (Å²) in [5.74, 6) is -0.973. The molecule has 5 nitrogen and oxygen atoms in total. The van der Waals surface area contributed by atoms with Gasteiger partial charge in [0.15, 0.2) is 0 Å². The molecule has 0 aliphatic carbocycles. The van der Waals surface area contributed by atoms with Gasteiger partial charge in [0.05, 0.1) is 5.56 Å². The predicted molar refractivity (Wildman–Crippen MR) is 100 cm³/mol. The summed E-state index contributed by atoms with van der Waals surface area (Å²) in [7, 11) is 1.49. The number of pyridine rings is 1. The van der Waals surface area contributed by atoms with Gasteiger partial charge >= 0.3 is 0 Å². The van der Waals surface area contributed by atoms with Gasteiger partial charge in [-0.05, 0) is 53.9 Å². The molecule has 1 amide bonds. The second-order valence-electron chi connectivity index (χ2n) is 6.26. The molecule has 0 fully saturated rings. The first kappa shape index (κ1) is 16.5. The van der Waals surface area contributed by atoms with Crippen LogP contribution in [0.2, 0.25) is 0 Å². The first-order chi connectivity index (χ1) is 12.7. The monoisotopic (exact) mass is 350 g/mol. The van der Waals surface area contributed by atoms with E-state index in [1.165, 1.54) is 24.8 Å². The fourth-order valence-corrected chi connectivity index (χ4v) is 3.32. The summed E-state index contributed by atoms with van der Waals surface area (Å²) in [5.41, 5.74) is 4.71. The van der Waals surface area contributed by atoms with Gasteiger partial charge < -0.3 is 15.6 Å². The van der Waals surface area contributed by atoms with Crippen LogP contribution in [0, 0.1) is 5.82 Å². The Labute approximate surface area is 150 Å². The summed E-state index contributed by atoms with van der Waals surface area (Å²) in [6.07, 6.45) is 4.84. The number of amides is 1. The highest BCUT2D eigenvalue weighted by Crippen LogP contribution is 2.31. The number of fused-ring (bicyclic) bond motifs is 1. The molecule has 0 radical (unpaired) electrons. The van der Waals surface area contributed by atoms with Gasteiger partial charge in [-0.15, -0.1) is 0 Å². The molecule has 1 aromatic carbocycles. The van der Waals surface area contributed by atoms with Crippen LogP contribution >= 0.6 is 0 Å².